The van der Waals surface area contributed by atoms with Gasteiger partial charge in [0.1, 0.15) is 36.6 Å². The number of aromatic amines is 2. The summed E-state index contributed by atoms with van der Waals surface area (Å²) in [6, 6.07) is 0. The van der Waals surface area contributed by atoms with Gasteiger partial charge in [-0.15, -0.1) is 0 Å². The minimum atomic E-state index is -5.51. The lowest BCUT2D eigenvalue weighted by Gasteiger charge is -2.43. The summed E-state index contributed by atoms with van der Waals surface area (Å²) in [6.45, 7) is -1.67. The lowest BCUT2D eigenvalue weighted by Crippen LogP contribution is -2.53. The molecule has 0 radical (unpaired) electrons. The number of nitrogen functional groups attached to an aromatic ring is 2. The molecule has 24 nitrogen and oxygen atoms in total. The van der Waals surface area contributed by atoms with E-state index in [4.69, 9.17) is 39.0 Å². The van der Waals surface area contributed by atoms with Crippen molar-refractivity contribution in [2.75, 3.05) is 24.7 Å². The number of imidazole rings is 2. The molecule has 0 saturated carbocycles. The Morgan fingerprint density at radius 1 is 0.804 bits per heavy atom. The van der Waals surface area contributed by atoms with Crippen LogP contribution in [0.3, 0.4) is 0 Å². The number of fused-ring (bicyclic) bond motifs is 4. The zero-order valence-electron chi connectivity index (χ0n) is 22.7. The number of aliphatic hydroxyl groups excluding tert-OH is 2. The summed E-state index contributed by atoms with van der Waals surface area (Å²) >= 11 is 0. The van der Waals surface area contributed by atoms with Crippen molar-refractivity contribution in [2.24, 2.45) is 0 Å². The summed E-state index contributed by atoms with van der Waals surface area (Å²) < 4.78 is 59.8. The van der Waals surface area contributed by atoms with E-state index in [0.29, 0.717) is 0 Å². The number of rotatable bonds is 2. The molecule has 3 aliphatic rings. The van der Waals surface area contributed by atoms with Crippen LogP contribution >= 0.6 is 15.6 Å². The van der Waals surface area contributed by atoms with Crippen LogP contribution in [0.4, 0.5) is 11.9 Å². The van der Waals surface area contributed by atoms with E-state index in [1.165, 1.54) is 0 Å². The van der Waals surface area contributed by atoms with Gasteiger partial charge in [-0.1, -0.05) is 0 Å². The van der Waals surface area contributed by atoms with E-state index in [1.807, 2.05) is 0 Å². The predicted molar refractivity (Wildman–Crippen MR) is 142 cm³/mol. The number of phosphoric ester groups is 2. The molecule has 0 aliphatic carbocycles. The fourth-order valence-electron chi connectivity index (χ4n) is 5.39. The number of nitrogens with two attached hydrogens (primary N) is 2. The quantitative estimate of drug-likeness (QED) is 0.108. The summed E-state index contributed by atoms with van der Waals surface area (Å²) in [6.07, 6.45) is -12.1. The van der Waals surface area contributed by atoms with Gasteiger partial charge >= 0.3 is 0 Å². The minimum absolute atomic E-state index is 0.148. The molecule has 6 unspecified atom stereocenters. The molecule has 7 rings (SSSR count). The summed E-state index contributed by atoms with van der Waals surface area (Å²) in [5, 5.41) is 22.3. The zero-order valence-corrected chi connectivity index (χ0v) is 24.5. The molecule has 8 N–H and O–H groups in total. The highest BCUT2D eigenvalue weighted by Gasteiger charge is 2.51. The topological polar surface area (TPSA) is 355 Å². The van der Waals surface area contributed by atoms with Crippen molar-refractivity contribution < 1.29 is 56.7 Å². The van der Waals surface area contributed by atoms with Gasteiger partial charge in [0.05, 0.1) is 25.9 Å². The SMILES string of the molecule is Nc1nc2c(ncn2[C@@H]2OC[C@H]3OP(=O)([O-])OC4C(O)[C@H](n5cnc6c(=O)[nH]c(N)nc65)O[C@@H]4COP(=O)([O-])OC3C2O)c(=O)[nH]1. The molecular formula is C20H22N10O14P2-2. The first-order valence-corrected chi connectivity index (χ1v) is 16.0. The van der Waals surface area contributed by atoms with Gasteiger partial charge in [0.2, 0.25) is 11.9 Å². The van der Waals surface area contributed by atoms with Gasteiger partial charge in [0.15, 0.2) is 34.8 Å². The summed E-state index contributed by atoms with van der Waals surface area (Å²) in [5.74, 6) is -0.598. The normalized spacial score (nSPS) is 37.1. The molecule has 0 aromatic carbocycles. The lowest BCUT2D eigenvalue weighted by molar-refractivity contribution is -0.270. The highest BCUT2D eigenvalue weighted by atomic mass is 31.2. The van der Waals surface area contributed by atoms with Crippen LogP contribution in [0.25, 0.3) is 22.3 Å². The summed E-state index contributed by atoms with van der Waals surface area (Å²) in [5.41, 5.74) is 9.11. The third kappa shape index (κ3) is 5.33. The molecule has 7 heterocycles. The number of ether oxygens (including phenoxy) is 2. The van der Waals surface area contributed by atoms with Gasteiger partial charge in [-0.3, -0.25) is 37.8 Å². The third-order valence-electron chi connectivity index (χ3n) is 7.35. The van der Waals surface area contributed by atoms with E-state index in [0.717, 1.165) is 21.8 Å². The van der Waals surface area contributed by atoms with Crippen molar-refractivity contribution in [3.05, 3.63) is 33.4 Å². The molecule has 26 heteroatoms. The van der Waals surface area contributed by atoms with Crippen molar-refractivity contribution >= 4 is 49.9 Å². The Kier molecular flexibility index (Phi) is 7.39. The number of phosphoric acid groups is 2. The van der Waals surface area contributed by atoms with Crippen LogP contribution < -0.4 is 32.4 Å². The first kappa shape index (κ1) is 31.0. The Balaban J connectivity index is 1.18. The van der Waals surface area contributed by atoms with Gasteiger partial charge in [-0.05, 0) is 0 Å². The molecule has 248 valence electrons. The van der Waals surface area contributed by atoms with Crippen LogP contribution in [0.1, 0.15) is 12.5 Å². The molecule has 0 bridgehead atoms. The molecule has 0 spiro atoms. The molecule has 4 aromatic rings. The largest absolute Gasteiger partial charge is 0.756 e. The zero-order chi connectivity index (χ0) is 32.7. The van der Waals surface area contributed by atoms with Crippen LogP contribution in [-0.4, -0.2) is 99.1 Å². The predicted octanol–water partition coefficient (Wildman–Crippen LogP) is -4.31. The van der Waals surface area contributed by atoms with Crippen molar-refractivity contribution in [1.82, 2.24) is 39.0 Å². The van der Waals surface area contributed by atoms with Crippen LogP contribution in [0.5, 0.6) is 0 Å². The van der Waals surface area contributed by atoms with Crippen molar-refractivity contribution in [2.45, 2.75) is 49.1 Å². The number of aliphatic hydroxyl groups is 2. The molecule has 3 fully saturated rings. The molecule has 0 amide bonds. The Bertz CT molecular complexity index is 1960. The standard InChI is InChI=1S/C20H24N10O14P2/c21-19-25-13-7(15(33)27-19)23-3-29(13)17-9(31)12-6(1-39-17)42-46(37,38)44-11-5(2-40-45(35,36)43-12)41-18(10(11)32)30-4-24-8-14(30)26-20(22)28-16(8)34/h3-6,9-12,17-18,31-32H,1-2H2,(H,35,36)(H,37,38)(H3,21,25,27,33)(H3,22,26,28,34)/p-2/t5-,6-,9?,10?,11?,12?,17-,18-/m1/s1. The Morgan fingerprint density at radius 3 is 1.93 bits per heavy atom. The van der Waals surface area contributed by atoms with Crippen molar-refractivity contribution in [1.29, 1.82) is 0 Å². The fraction of sp³-hybridized carbons (Fsp3) is 0.500. The second-order valence-corrected chi connectivity index (χ2v) is 13.0. The van der Waals surface area contributed by atoms with Gasteiger partial charge < -0.3 is 59.0 Å². The number of H-pyrrole nitrogens is 2. The summed E-state index contributed by atoms with van der Waals surface area (Å²) in [7, 11) is -10.9. The average Bonchev–Trinajstić information content (AvgIpc) is 3.65. The number of nitrogens with zero attached hydrogens (tertiary/aromatic N) is 6. The van der Waals surface area contributed by atoms with Crippen LogP contribution in [0.2, 0.25) is 0 Å². The van der Waals surface area contributed by atoms with Crippen LogP contribution in [0.15, 0.2) is 22.2 Å². The number of nitrogens with one attached hydrogen (secondary N) is 2. The highest BCUT2D eigenvalue weighted by Crippen LogP contribution is 2.52. The molecule has 4 aromatic heterocycles. The van der Waals surface area contributed by atoms with E-state index < -0.39 is 89.1 Å². The fourth-order valence-corrected chi connectivity index (χ4v) is 7.46. The lowest BCUT2D eigenvalue weighted by atomic mass is 10.0. The minimum Gasteiger partial charge on any atom is -0.756 e. The van der Waals surface area contributed by atoms with E-state index in [-0.39, 0.29) is 34.2 Å². The monoisotopic (exact) mass is 688 g/mol. The van der Waals surface area contributed by atoms with Crippen molar-refractivity contribution in [3.8, 4) is 0 Å². The number of hydrogen-bond acceptors (Lipinski definition) is 20. The third-order valence-corrected chi connectivity index (χ3v) is 9.35. The Morgan fingerprint density at radius 2 is 1.33 bits per heavy atom. The molecule has 3 saturated heterocycles. The Labute approximate surface area is 253 Å². The number of aromatic nitrogens is 8. The van der Waals surface area contributed by atoms with Gasteiger partial charge in [-0.2, -0.15) is 9.97 Å². The van der Waals surface area contributed by atoms with E-state index in [2.05, 4.69) is 29.9 Å². The van der Waals surface area contributed by atoms with Gasteiger partial charge in [0.25, 0.3) is 26.8 Å². The van der Waals surface area contributed by atoms with Crippen molar-refractivity contribution in [3.63, 3.8) is 0 Å². The maximum Gasteiger partial charge on any atom is 0.280 e. The smallest absolute Gasteiger partial charge is 0.280 e. The number of anilines is 2. The van der Waals surface area contributed by atoms with E-state index in [1.54, 1.807) is 0 Å². The van der Waals surface area contributed by atoms with Gasteiger partial charge in [-0.25, -0.2) is 9.97 Å². The second-order valence-electron chi connectivity index (χ2n) is 10.3. The van der Waals surface area contributed by atoms with E-state index in [9.17, 15) is 38.7 Å². The molecule has 46 heavy (non-hydrogen) atoms. The van der Waals surface area contributed by atoms with Gasteiger partial charge in [0, 0.05) is 0 Å². The maximum absolute atomic E-state index is 13.1. The molecular weight excluding hydrogens is 666 g/mol. The number of hydrogen-bond donors (Lipinski definition) is 6. The van der Waals surface area contributed by atoms with E-state index >= 15 is 0 Å². The van der Waals surface area contributed by atoms with Crippen LogP contribution in [-0.2, 0) is 36.7 Å². The first-order valence-electron chi connectivity index (χ1n) is 13.1. The molecule has 10 atom stereocenters. The summed E-state index contributed by atoms with van der Waals surface area (Å²) in [4.78, 5) is 70.7. The maximum atomic E-state index is 13.1. The molecule has 3 aliphatic heterocycles. The second kappa shape index (κ2) is 11.0. The highest BCUT2D eigenvalue weighted by molar-refractivity contribution is 7.46. The first-order chi connectivity index (χ1) is 21.7. The van der Waals surface area contributed by atoms with Crippen LogP contribution in [0, 0.1) is 0 Å². The average molecular weight is 688 g/mol. The Hall–Kier alpha value is -3.64.